The van der Waals surface area contributed by atoms with Gasteiger partial charge in [-0.15, -0.1) is 0 Å². The minimum atomic E-state index is -0.477. The van der Waals surface area contributed by atoms with Gasteiger partial charge in [0.15, 0.2) is 0 Å². The fourth-order valence-electron chi connectivity index (χ4n) is 1.91. The zero-order valence-corrected chi connectivity index (χ0v) is 11.3. The number of nitro benzene ring substituents is 1. The molecule has 20 heavy (non-hydrogen) atoms. The molecule has 0 aliphatic rings. The summed E-state index contributed by atoms with van der Waals surface area (Å²) < 4.78 is 5.60. The number of aliphatic hydroxyl groups excluding tert-OH is 1. The van der Waals surface area contributed by atoms with E-state index in [0.717, 1.165) is 11.1 Å². The second kappa shape index (κ2) is 5.71. The minimum Gasteiger partial charge on any atom is -0.450 e. The van der Waals surface area contributed by atoms with Crippen LogP contribution in [0.3, 0.4) is 0 Å². The second-order valence-electron chi connectivity index (χ2n) is 4.60. The summed E-state index contributed by atoms with van der Waals surface area (Å²) in [5.41, 5.74) is 2.28. The Hall–Kier alpha value is -2.40. The van der Waals surface area contributed by atoms with Crippen LogP contribution in [-0.4, -0.2) is 10.0 Å². The van der Waals surface area contributed by atoms with Crippen molar-refractivity contribution < 1.29 is 14.8 Å². The van der Waals surface area contributed by atoms with E-state index in [1.807, 2.05) is 13.0 Å². The van der Waals surface area contributed by atoms with Gasteiger partial charge in [-0.05, 0) is 31.5 Å². The third-order valence-corrected chi connectivity index (χ3v) is 2.92. The highest BCUT2D eigenvalue weighted by atomic mass is 16.6. The number of aliphatic hydroxyl groups is 1. The van der Waals surface area contributed by atoms with Gasteiger partial charge in [0.05, 0.1) is 11.5 Å². The molecule has 0 saturated heterocycles. The summed E-state index contributed by atoms with van der Waals surface area (Å²) in [6, 6.07) is 10.1. The Morgan fingerprint density at radius 1 is 1.10 bits per heavy atom. The van der Waals surface area contributed by atoms with Gasteiger partial charge < -0.3 is 9.84 Å². The van der Waals surface area contributed by atoms with Gasteiger partial charge in [0.25, 0.3) is 0 Å². The Morgan fingerprint density at radius 3 is 2.30 bits per heavy atom. The van der Waals surface area contributed by atoms with Gasteiger partial charge >= 0.3 is 5.69 Å². The van der Waals surface area contributed by atoms with Crippen molar-refractivity contribution in [1.82, 2.24) is 0 Å². The standard InChI is InChI=1S/C15H15NO4/c1-10-3-5-14(12(7-10)9-17)20-15-6-4-11(2)8-13(15)16(18)19/h3-8,17H,9H2,1-2H3. The van der Waals surface area contributed by atoms with Crippen molar-refractivity contribution in [3.63, 3.8) is 0 Å². The first kappa shape index (κ1) is 14.0. The normalized spacial score (nSPS) is 10.3. The molecule has 0 saturated carbocycles. The Morgan fingerprint density at radius 2 is 1.70 bits per heavy atom. The lowest BCUT2D eigenvalue weighted by Gasteiger charge is -2.11. The third-order valence-electron chi connectivity index (χ3n) is 2.92. The summed E-state index contributed by atoms with van der Waals surface area (Å²) in [5, 5.41) is 20.4. The van der Waals surface area contributed by atoms with E-state index in [1.54, 1.807) is 31.2 Å². The lowest BCUT2D eigenvalue weighted by molar-refractivity contribution is -0.385. The minimum absolute atomic E-state index is 0.0885. The van der Waals surface area contributed by atoms with Crippen molar-refractivity contribution in [3.05, 3.63) is 63.2 Å². The van der Waals surface area contributed by atoms with Crippen LogP contribution in [0.1, 0.15) is 16.7 Å². The van der Waals surface area contributed by atoms with E-state index in [0.29, 0.717) is 11.3 Å². The van der Waals surface area contributed by atoms with Crippen LogP contribution >= 0.6 is 0 Å². The fourth-order valence-corrected chi connectivity index (χ4v) is 1.91. The van der Waals surface area contributed by atoms with Crippen LogP contribution in [-0.2, 0) is 6.61 Å². The molecule has 0 aliphatic carbocycles. The predicted octanol–water partition coefficient (Wildman–Crippen LogP) is 3.50. The van der Waals surface area contributed by atoms with Gasteiger partial charge in [-0.25, -0.2) is 0 Å². The van der Waals surface area contributed by atoms with Gasteiger partial charge in [0.2, 0.25) is 5.75 Å². The topological polar surface area (TPSA) is 72.6 Å². The molecule has 104 valence electrons. The highest BCUT2D eigenvalue weighted by Crippen LogP contribution is 2.33. The van der Waals surface area contributed by atoms with Gasteiger partial charge in [0, 0.05) is 11.6 Å². The number of nitrogens with zero attached hydrogens (tertiary/aromatic N) is 1. The lowest BCUT2D eigenvalue weighted by atomic mass is 10.1. The maximum atomic E-state index is 11.0. The van der Waals surface area contributed by atoms with Crippen molar-refractivity contribution in [2.45, 2.75) is 20.5 Å². The van der Waals surface area contributed by atoms with Crippen LogP contribution in [0.4, 0.5) is 5.69 Å². The zero-order chi connectivity index (χ0) is 14.7. The van der Waals surface area contributed by atoms with E-state index in [2.05, 4.69) is 0 Å². The number of hydrogen-bond donors (Lipinski definition) is 1. The van der Waals surface area contributed by atoms with E-state index in [1.165, 1.54) is 6.07 Å². The molecule has 5 nitrogen and oxygen atoms in total. The summed E-state index contributed by atoms with van der Waals surface area (Å²) in [6.07, 6.45) is 0. The van der Waals surface area contributed by atoms with Crippen LogP contribution in [0.15, 0.2) is 36.4 Å². The van der Waals surface area contributed by atoms with Gasteiger partial charge in [0.1, 0.15) is 5.75 Å². The van der Waals surface area contributed by atoms with Crippen LogP contribution in [0, 0.1) is 24.0 Å². The SMILES string of the molecule is Cc1ccc(Oc2ccc(C)cc2[N+](=O)[O-])c(CO)c1. The molecule has 0 aromatic heterocycles. The Labute approximate surface area is 116 Å². The molecule has 2 rings (SSSR count). The number of aryl methyl sites for hydroxylation is 2. The summed E-state index contributed by atoms with van der Waals surface area (Å²) in [4.78, 5) is 10.6. The Kier molecular flexibility index (Phi) is 4.00. The van der Waals surface area contributed by atoms with Gasteiger partial charge in [-0.2, -0.15) is 0 Å². The molecule has 0 aliphatic heterocycles. The number of rotatable bonds is 4. The molecule has 0 bridgehead atoms. The first-order chi connectivity index (χ1) is 9.51. The van der Waals surface area contributed by atoms with Crippen LogP contribution in [0.2, 0.25) is 0 Å². The van der Waals surface area contributed by atoms with Crippen molar-refractivity contribution in [3.8, 4) is 11.5 Å². The Balaban J connectivity index is 2.42. The molecule has 0 unspecified atom stereocenters. The summed E-state index contributed by atoms with van der Waals surface area (Å²) >= 11 is 0. The van der Waals surface area contributed by atoms with Gasteiger partial charge in [-0.1, -0.05) is 23.8 Å². The molecule has 0 atom stereocenters. The molecule has 0 heterocycles. The van der Waals surface area contributed by atoms with E-state index in [9.17, 15) is 15.2 Å². The van der Waals surface area contributed by atoms with Crippen molar-refractivity contribution in [1.29, 1.82) is 0 Å². The smallest absolute Gasteiger partial charge is 0.311 e. The number of hydrogen-bond acceptors (Lipinski definition) is 4. The van der Waals surface area contributed by atoms with E-state index in [-0.39, 0.29) is 18.0 Å². The molecule has 2 aromatic rings. The van der Waals surface area contributed by atoms with Crippen LogP contribution < -0.4 is 4.74 Å². The van der Waals surface area contributed by atoms with Crippen LogP contribution in [0.25, 0.3) is 0 Å². The lowest BCUT2D eigenvalue weighted by Crippen LogP contribution is -1.97. The second-order valence-corrected chi connectivity index (χ2v) is 4.60. The number of ether oxygens (including phenoxy) is 1. The quantitative estimate of drug-likeness (QED) is 0.683. The molecule has 5 heteroatoms. The fraction of sp³-hybridized carbons (Fsp3) is 0.200. The van der Waals surface area contributed by atoms with Crippen molar-refractivity contribution >= 4 is 5.69 Å². The molecular weight excluding hydrogens is 258 g/mol. The molecule has 0 spiro atoms. The highest BCUT2D eigenvalue weighted by molar-refractivity contribution is 5.51. The number of nitro groups is 1. The first-order valence-electron chi connectivity index (χ1n) is 6.14. The van der Waals surface area contributed by atoms with Crippen molar-refractivity contribution in [2.75, 3.05) is 0 Å². The maximum Gasteiger partial charge on any atom is 0.311 e. The monoisotopic (exact) mass is 273 g/mol. The molecule has 0 fully saturated rings. The molecule has 2 aromatic carbocycles. The first-order valence-corrected chi connectivity index (χ1v) is 6.14. The Bertz CT molecular complexity index is 652. The molecular formula is C15H15NO4. The molecule has 0 amide bonds. The van der Waals surface area contributed by atoms with Gasteiger partial charge in [-0.3, -0.25) is 10.1 Å². The van der Waals surface area contributed by atoms with Crippen LogP contribution in [0.5, 0.6) is 11.5 Å². The zero-order valence-electron chi connectivity index (χ0n) is 11.3. The van der Waals surface area contributed by atoms with E-state index in [4.69, 9.17) is 4.74 Å². The summed E-state index contributed by atoms with van der Waals surface area (Å²) in [5.74, 6) is 0.587. The number of benzene rings is 2. The third kappa shape index (κ3) is 2.95. The van der Waals surface area contributed by atoms with Crippen molar-refractivity contribution in [2.24, 2.45) is 0 Å². The highest BCUT2D eigenvalue weighted by Gasteiger charge is 2.17. The van der Waals surface area contributed by atoms with E-state index >= 15 is 0 Å². The average Bonchev–Trinajstić information content (AvgIpc) is 2.42. The van der Waals surface area contributed by atoms with E-state index < -0.39 is 4.92 Å². The maximum absolute atomic E-state index is 11.0. The predicted molar refractivity (Wildman–Crippen MR) is 75.0 cm³/mol. The molecule has 0 radical (unpaired) electrons. The summed E-state index contributed by atoms with van der Waals surface area (Å²) in [6.45, 7) is 3.50. The molecule has 1 N–H and O–H groups in total. The average molecular weight is 273 g/mol. The largest absolute Gasteiger partial charge is 0.450 e. The summed E-state index contributed by atoms with van der Waals surface area (Å²) in [7, 11) is 0.